The van der Waals surface area contributed by atoms with Gasteiger partial charge in [-0.3, -0.25) is 9.10 Å². The predicted molar refractivity (Wildman–Crippen MR) is 106 cm³/mol. The van der Waals surface area contributed by atoms with Gasteiger partial charge in [0.2, 0.25) is 15.9 Å². The molecule has 26 heavy (non-hydrogen) atoms. The first kappa shape index (κ1) is 20.6. The summed E-state index contributed by atoms with van der Waals surface area (Å²) in [5.74, 6) is -0.414. The molecule has 1 N–H and O–H groups in total. The molecule has 1 atom stereocenters. The highest BCUT2D eigenvalue weighted by atomic mass is 35.5. The first-order chi connectivity index (χ1) is 12.2. The summed E-state index contributed by atoms with van der Waals surface area (Å²) in [6.07, 6.45) is 1.67. The molecule has 2 rings (SSSR count). The second-order valence-electron chi connectivity index (χ2n) is 5.86. The van der Waals surface area contributed by atoms with Gasteiger partial charge in [-0.2, -0.15) is 0 Å². The summed E-state index contributed by atoms with van der Waals surface area (Å²) in [6, 6.07) is 13.2. The number of sulfonamides is 1. The Bertz CT molecular complexity index is 873. The largest absolute Gasteiger partial charge is 0.354 e. The van der Waals surface area contributed by atoms with Crippen molar-refractivity contribution in [3.63, 3.8) is 0 Å². The van der Waals surface area contributed by atoms with Crippen molar-refractivity contribution in [2.75, 3.05) is 17.1 Å². The summed E-state index contributed by atoms with van der Waals surface area (Å²) in [5, 5.41) is 3.29. The number of hydrogen-bond acceptors (Lipinski definition) is 3. The van der Waals surface area contributed by atoms with E-state index in [2.05, 4.69) is 5.32 Å². The molecule has 0 saturated heterocycles. The van der Waals surface area contributed by atoms with E-state index >= 15 is 0 Å². The lowest BCUT2D eigenvalue weighted by Gasteiger charge is -2.29. The molecule has 5 nitrogen and oxygen atoms in total. The van der Waals surface area contributed by atoms with E-state index in [1.807, 2.05) is 30.3 Å². The number of amides is 1. The maximum absolute atomic E-state index is 12.5. The molecule has 0 unspecified atom stereocenters. The molecule has 0 radical (unpaired) electrons. The Labute approximate surface area is 164 Å². The van der Waals surface area contributed by atoms with Crippen molar-refractivity contribution in [1.82, 2.24) is 5.32 Å². The number of nitrogens with one attached hydrogen (secondary N) is 1. The van der Waals surface area contributed by atoms with Crippen molar-refractivity contribution in [3.05, 3.63) is 64.1 Å². The quantitative estimate of drug-likeness (QED) is 0.753. The summed E-state index contributed by atoms with van der Waals surface area (Å²) in [4.78, 5) is 12.5. The van der Waals surface area contributed by atoms with Gasteiger partial charge >= 0.3 is 0 Å². The second-order valence-corrected chi connectivity index (χ2v) is 8.56. The van der Waals surface area contributed by atoms with Crippen LogP contribution >= 0.6 is 23.2 Å². The first-order valence-electron chi connectivity index (χ1n) is 7.96. The van der Waals surface area contributed by atoms with Gasteiger partial charge in [-0.25, -0.2) is 8.42 Å². The van der Waals surface area contributed by atoms with E-state index in [0.29, 0.717) is 18.0 Å². The molecular formula is C18H20Cl2N2O3S. The Morgan fingerprint density at radius 2 is 1.81 bits per heavy atom. The summed E-state index contributed by atoms with van der Waals surface area (Å²) in [5.41, 5.74) is 1.26. The molecule has 0 spiro atoms. The van der Waals surface area contributed by atoms with Crippen molar-refractivity contribution in [1.29, 1.82) is 0 Å². The van der Waals surface area contributed by atoms with Gasteiger partial charge in [0.05, 0.1) is 17.0 Å². The number of anilines is 1. The van der Waals surface area contributed by atoms with Crippen LogP contribution in [0.3, 0.4) is 0 Å². The van der Waals surface area contributed by atoms with Gasteiger partial charge in [0.25, 0.3) is 0 Å². The van der Waals surface area contributed by atoms with Crippen molar-refractivity contribution < 1.29 is 13.2 Å². The van der Waals surface area contributed by atoms with Crippen LogP contribution < -0.4 is 9.62 Å². The van der Waals surface area contributed by atoms with E-state index in [0.717, 1.165) is 16.1 Å². The Kier molecular flexibility index (Phi) is 6.92. The zero-order valence-electron chi connectivity index (χ0n) is 14.4. The molecule has 1 amide bonds. The van der Waals surface area contributed by atoms with E-state index in [9.17, 15) is 13.2 Å². The van der Waals surface area contributed by atoms with Crippen LogP contribution in [0.25, 0.3) is 0 Å². The molecule has 0 aliphatic heterocycles. The van der Waals surface area contributed by atoms with Gasteiger partial charge in [0.1, 0.15) is 6.04 Å². The highest BCUT2D eigenvalue weighted by molar-refractivity contribution is 7.92. The third-order valence-electron chi connectivity index (χ3n) is 3.79. The van der Waals surface area contributed by atoms with Crippen molar-refractivity contribution in [3.8, 4) is 0 Å². The van der Waals surface area contributed by atoms with E-state index in [1.165, 1.54) is 19.1 Å². The van der Waals surface area contributed by atoms with Crippen LogP contribution in [0.15, 0.2) is 48.5 Å². The minimum absolute atomic E-state index is 0.173. The van der Waals surface area contributed by atoms with E-state index < -0.39 is 22.0 Å². The minimum atomic E-state index is -3.75. The first-order valence-corrected chi connectivity index (χ1v) is 10.6. The molecule has 140 valence electrons. The zero-order chi connectivity index (χ0) is 19.3. The van der Waals surface area contributed by atoms with Crippen LogP contribution in [-0.4, -0.2) is 33.2 Å². The van der Waals surface area contributed by atoms with E-state index in [1.54, 1.807) is 6.07 Å². The van der Waals surface area contributed by atoms with Crippen molar-refractivity contribution in [2.45, 2.75) is 19.4 Å². The second kappa shape index (κ2) is 8.75. The Balaban J connectivity index is 2.15. The Hall–Kier alpha value is -1.76. The van der Waals surface area contributed by atoms with Crippen molar-refractivity contribution in [2.24, 2.45) is 0 Å². The Morgan fingerprint density at radius 1 is 1.15 bits per heavy atom. The fraction of sp³-hybridized carbons (Fsp3) is 0.278. The summed E-state index contributed by atoms with van der Waals surface area (Å²) in [7, 11) is -3.75. The topological polar surface area (TPSA) is 66.5 Å². The fourth-order valence-electron chi connectivity index (χ4n) is 2.56. The molecule has 0 bridgehead atoms. The lowest BCUT2D eigenvalue weighted by atomic mass is 10.1. The molecule has 0 aliphatic carbocycles. The molecule has 0 aliphatic rings. The maximum atomic E-state index is 12.5. The van der Waals surface area contributed by atoms with Crippen LogP contribution in [-0.2, 0) is 21.2 Å². The molecule has 2 aromatic rings. The molecule has 8 heteroatoms. The van der Waals surface area contributed by atoms with Gasteiger partial charge in [0, 0.05) is 11.6 Å². The number of nitrogens with zero attached hydrogens (tertiary/aromatic N) is 1. The maximum Gasteiger partial charge on any atom is 0.243 e. The lowest BCUT2D eigenvalue weighted by molar-refractivity contribution is -0.121. The fourth-order valence-corrected chi connectivity index (χ4v) is 4.16. The number of halogens is 2. The van der Waals surface area contributed by atoms with Crippen molar-refractivity contribution >= 4 is 44.8 Å². The van der Waals surface area contributed by atoms with E-state index in [-0.39, 0.29) is 10.7 Å². The number of hydrogen-bond donors (Lipinski definition) is 1. The zero-order valence-corrected chi connectivity index (χ0v) is 16.8. The van der Waals surface area contributed by atoms with Gasteiger partial charge in [0.15, 0.2) is 0 Å². The number of rotatable bonds is 7. The third-order valence-corrected chi connectivity index (χ3v) is 5.57. The van der Waals surface area contributed by atoms with Gasteiger partial charge < -0.3 is 5.32 Å². The summed E-state index contributed by atoms with van der Waals surface area (Å²) < 4.78 is 25.5. The van der Waals surface area contributed by atoms with E-state index in [4.69, 9.17) is 23.2 Å². The average molecular weight is 415 g/mol. The van der Waals surface area contributed by atoms with Crippen LogP contribution in [0.5, 0.6) is 0 Å². The molecule has 0 fully saturated rings. The summed E-state index contributed by atoms with van der Waals surface area (Å²) >= 11 is 12.1. The molecule has 0 aromatic heterocycles. The molecule has 2 aromatic carbocycles. The molecule has 0 heterocycles. The smallest absolute Gasteiger partial charge is 0.243 e. The minimum Gasteiger partial charge on any atom is -0.354 e. The Morgan fingerprint density at radius 3 is 2.42 bits per heavy atom. The highest BCUT2D eigenvalue weighted by Gasteiger charge is 2.30. The lowest BCUT2D eigenvalue weighted by Crippen LogP contribution is -2.48. The standard InChI is InChI=1S/C18H20Cl2N2O3S/c1-13(18(23)21-11-10-14-6-4-3-5-7-14)22(26(2,24)25)17-12-15(19)8-9-16(17)20/h3-9,12-13H,10-11H2,1-2H3,(H,21,23)/t13-/m1/s1. The predicted octanol–water partition coefficient (Wildman–Crippen LogP) is 3.51. The third kappa shape index (κ3) is 5.37. The average Bonchev–Trinajstić information content (AvgIpc) is 2.57. The van der Waals surface area contributed by atoms with Crippen LogP contribution in [0.4, 0.5) is 5.69 Å². The molecule has 0 saturated carbocycles. The highest BCUT2D eigenvalue weighted by Crippen LogP contribution is 2.32. The SMILES string of the molecule is C[C@H](C(=O)NCCc1ccccc1)N(c1cc(Cl)ccc1Cl)S(C)(=O)=O. The summed E-state index contributed by atoms with van der Waals surface area (Å²) in [6.45, 7) is 1.91. The van der Waals surface area contributed by atoms with Crippen LogP contribution in [0, 0.1) is 0 Å². The monoisotopic (exact) mass is 414 g/mol. The molecular weight excluding hydrogens is 395 g/mol. The van der Waals surface area contributed by atoms with Gasteiger partial charge in [-0.1, -0.05) is 53.5 Å². The number of carbonyl (C=O) groups is 1. The van der Waals surface area contributed by atoms with Crippen LogP contribution in [0.2, 0.25) is 10.0 Å². The van der Waals surface area contributed by atoms with Crippen LogP contribution in [0.1, 0.15) is 12.5 Å². The number of benzene rings is 2. The number of carbonyl (C=O) groups excluding carboxylic acids is 1. The van der Waals surface area contributed by atoms with Gasteiger partial charge in [-0.05, 0) is 37.1 Å². The normalized spacial score (nSPS) is 12.5. The van der Waals surface area contributed by atoms with Gasteiger partial charge in [-0.15, -0.1) is 0 Å².